The molecule has 1 aromatic heterocycles. The molecule has 10 nitrogen and oxygen atoms in total. The van der Waals surface area contributed by atoms with Gasteiger partial charge < -0.3 is 24.1 Å². The third-order valence-corrected chi connectivity index (χ3v) is 7.39. The Balaban J connectivity index is 1.84. The SMILES string of the molecule is C#CC1(O)C(F)C(COP(=O)(NC(C)C(=O)OC(C)C)Oc2ccccc2)OC1n1ccc(=S)[nH]c1=S. The van der Waals surface area contributed by atoms with E-state index in [-0.39, 0.29) is 10.5 Å². The number of carbonyl (C=O) groups excluding carboxylic acids is 1. The number of nitrogens with zero attached hydrogens (tertiary/aromatic N) is 1. The molecule has 0 saturated carbocycles. The first kappa shape index (κ1) is 29.1. The topological polar surface area (TPSA) is 124 Å². The molecule has 2 heterocycles. The fraction of sp³-hybridized carbons (Fsp3) is 0.435. The highest BCUT2D eigenvalue weighted by atomic mass is 32.1. The lowest BCUT2D eigenvalue weighted by atomic mass is 9.96. The van der Waals surface area contributed by atoms with Crippen LogP contribution in [0, 0.1) is 21.8 Å². The molecule has 0 spiro atoms. The number of aromatic nitrogens is 2. The van der Waals surface area contributed by atoms with Crippen LogP contribution in [0.4, 0.5) is 4.39 Å². The van der Waals surface area contributed by atoms with Gasteiger partial charge in [0.05, 0.1) is 12.7 Å². The van der Waals surface area contributed by atoms with E-state index in [1.54, 1.807) is 32.0 Å². The zero-order chi connectivity index (χ0) is 27.4. The van der Waals surface area contributed by atoms with Gasteiger partial charge in [0.2, 0.25) is 5.60 Å². The van der Waals surface area contributed by atoms with Crippen LogP contribution in [0.3, 0.4) is 0 Å². The van der Waals surface area contributed by atoms with Gasteiger partial charge in [0.25, 0.3) is 0 Å². The molecule has 1 saturated heterocycles. The van der Waals surface area contributed by atoms with Gasteiger partial charge in [0, 0.05) is 6.20 Å². The Hall–Kier alpha value is -2.43. The summed E-state index contributed by atoms with van der Waals surface area (Å²) in [4.78, 5) is 15.0. The summed E-state index contributed by atoms with van der Waals surface area (Å²) in [5.74, 6) is 1.49. The molecule has 0 amide bonds. The number of terminal acetylenes is 1. The molecule has 1 fully saturated rings. The quantitative estimate of drug-likeness (QED) is 0.167. The summed E-state index contributed by atoms with van der Waals surface area (Å²) in [6.07, 6.45) is 1.37. The summed E-state index contributed by atoms with van der Waals surface area (Å²) >= 11 is 10.2. The molecule has 0 bridgehead atoms. The summed E-state index contributed by atoms with van der Waals surface area (Å²) in [7, 11) is -4.31. The molecule has 3 N–H and O–H groups in total. The maximum Gasteiger partial charge on any atom is 0.459 e. The average Bonchev–Trinajstić information content (AvgIpc) is 3.08. The van der Waals surface area contributed by atoms with Crippen molar-refractivity contribution in [3.63, 3.8) is 0 Å². The number of carbonyl (C=O) groups is 1. The number of ether oxygens (including phenoxy) is 2. The highest BCUT2D eigenvalue weighted by molar-refractivity contribution is 7.72. The van der Waals surface area contributed by atoms with E-state index in [4.69, 9.17) is 49.4 Å². The van der Waals surface area contributed by atoms with E-state index in [1.807, 2.05) is 5.92 Å². The Morgan fingerprint density at radius 2 is 2.03 bits per heavy atom. The van der Waals surface area contributed by atoms with Crippen molar-refractivity contribution in [1.29, 1.82) is 0 Å². The van der Waals surface area contributed by atoms with Crippen LogP contribution in [0.5, 0.6) is 5.75 Å². The number of halogens is 1. The number of hydrogen-bond donors (Lipinski definition) is 3. The van der Waals surface area contributed by atoms with Gasteiger partial charge in [-0.1, -0.05) is 36.3 Å². The van der Waals surface area contributed by atoms with Gasteiger partial charge in [-0.2, -0.15) is 5.09 Å². The number of rotatable bonds is 10. The lowest BCUT2D eigenvalue weighted by Gasteiger charge is -2.26. The van der Waals surface area contributed by atoms with E-state index in [9.17, 15) is 14.5 Å². The van der Waals surface area contributed by atoms with E-state index < -0.39 is 56.6 Å². The van der Waals surface area contributed by atoms with Gasteiger partial charge in [-0.05, 0) is 51.2 Å². The Morgan fingerprint density at radius 1 is 1.35 bits per heavy atom. The minimum atomic E-state index is -4.31. The Labute approximate surface area is 223 Å². The predicted octanol–water partition coefficient (Wildman–Crippen LogP) is 4.01. The van der Waals surface area contributed by atoms with Crippen LogP contribution < -0.4 is 9.61 Å². The fourth-order valence-corrected chi connectivity index (χ4v) is 5.42. The summed E-state index contributed by atoms with van der Waals surface area (Å²) in [6, 6.07) is 8.40. The first-order valence-electron chi connectivity index (χ1n) is 11.2. The second kappa shape index (κ2) is 12.0. The molecule has 3 rings (SSSR count). The second-order valence-electron chi connectivity index (χ2n) is 8.45. The van der Waals surface area contributed by atoms with E-state index in [0.717, 1.165) is 0 Å². The van der Waals surface area contributed by atoms with Crippen LogP contribution in [0.1, 0.15) is 27.0 Å². The molecule has 14 heteroatoms. The number of H-pyrrole nitrogens is 1. The Bertz CT molecular complexity index is 1320. The molecule has 37 heavy (non-hydrogen) atoms. The number of benzene rings is 1. The largest absolute Gasteiger partial charge is 0.462 e. The highest BCUT2D eigenvalue weighted by Gasteiger charge is 2.57. The number of alkyl halides is 1. The number of nitrogens with one attached hydrogen (secondary N) is 2. The van der Waals surface area contributed by atoms with Crippen LogP contribution in [-0.2, 0) is 23.4 Å². The summed E-state index contributed by atoms with van der Waals surface area (Å²) in [6.45, 7) is 4.07. The highest BCUT2D eigenvalue weighted by Crippen LogP contribution is 2.47. The lowest BCUT2D eigenvalue weighted by Crippen LogP contribution is -2.43. The molecule has 6 unspecified atom stereocenters. The average molecular weight is 572 g/mol. The molecule has 1 aliphatic rings. The number of para-hydroxylation sites is 1. The van der Waals surface area contributed by atoms with Crippen molar-refractivity contribution in [2.24, 2.45) is 0 Å². The van der Waals surface area contributed by atoms with Crippen molar-refractivity contribution >= 4 is 38.2 Å². The second-order valence-corrected chi connectivity index (χ2v) is 11.0. The van der Waals surface area contributed by atoms with Crippen molar-refractivity contribution in [2.75, 3.05) is 6.61 Å². The van der Waals surface area contributed by atoms with Crippen LogP contribution in [0.2, 0.25) is 0 Å². The molecule has 1 aromatic carbocycles. The van der Waals surface area contributed by atoms with Crippen molar-refractivity contribution in [3.05, 3.63) is 52.0 Å². The van der Waals surface area contributed by atoms with Crippen LogP contribution in [-0.4, -0.2) is 57.3 Å². The van der Waals surface area contributed by atoms with E-state index >= 15 is 4.39 Å². The fourth-order valence-electron chi connectivity index (χ4n) is 3.43. The van der Waals surface area contributed by atoms with Gasteiger partial charge in [-0.3, -0.25) is 13.9 Å². The van der Waals surface area contributed by atoms with E-state index in [1.165, 1.54) is 35.9 Å². The molecule has 1 aliphatic heterocycles. The van der Waals surface area contributed by atoms with Gasteiger partial charge in [0.1, 0.15) is 22.5 Å². The normalized spacial score (nSPS) is 25.7. The summed E-state index contributed by atoms with van der Waals surface area (Å²) in [5.41, 5.74) is -2.44. The van der Waals surface area contributed by atoms with Gasteiger partial charge in [-0.15, -0.1) is 6.42 Å². The van der Waals surface area contributed by atoms with Crippen molar-refractivity contribution in [3.8, 4) is 18.1 Å². The van der Waals surface area contributed by atoms with Crippen molar-refractivity contribution in [1.82, 2.24) is 14.6 Å². The monoisotopic (exact) mass is 571 g/mol. The minimum absolute atomic E-state index is 0.0391. The third kappa shape index (κ3) is 6.91. The predicted molar refractivity (Wildman–Crippen MR) is 137 cm³/mol. The van der Waals surface area contributed by atoms with Crippen molar-refractivity contribution < 1.29 is 37.4 Å². The lowest BCUT2D eigenvalue weighted by molar-refractivity contribution is -0.149. The molecule has 0 radical (unpaired) electrons. The standard InChI is InChI=1S/C23H27FN3O7PS2/c1-5-23(29)19(24)17(33-21(23)27-12-11-18(36)25-22(27)37)13-31-35(30,34-16-9-7-6-8-10-16)26-15(4)20(28)32-14(2)3/h1,6-12,14-15,17,19,21,29H,13H2,2-4H3,(H,26,30)(H,25,36,37). The van der Waals surface area contributed by atoms with Gasteiger partial charge >= 0.3 is 13.7 Å². The van der Waals surface area contributed by atoms with Crippen molar-refractivity contribution in [2.45, 2.75) is 57.0 Å². The maximum absolute atomic E-state index is 15.4. The number of aliphatic hydroxyl groups is 1. The molecule has 6 atom stereocenters. The summed E-state index contributed by atoms with van der Waals surface area (Å²) < 4.78 is 52.5. The first-order chi connectivity index (χ1) is 17.4. The molecule has 0 aliphatic carbocycles. The van der Waals surface area contributed by atoms with E-state index in [0.29, 0.717) is 4.64 Å². The number of hydrogen-bond acceptors (Lipinski definition) is 9. The number of esters is 1. The van der Waals surface area contributed by atoms with Crippen LogP contribution in [0.25, 0.3) is 0 Å². The van der Waals surface area contributed by atoms with Crippen LogP contribution >= 0.6 is 32.2 Å². The third-order valence-electron chi connectivity index (χ3n) is 5.20. The van der Waals surface area contributed by atoms with E-state index in [2.05, 4.69) is 10.1 Å². The maximum atomic E-state index is 15.4. The Kier molecular flexibility index (Phi) is 9.42. The van der Waals surface area contributed by atoms with Gasteiger partial charge in [0.15, 0.2) is 17.2 Å². The Morgan fingerprint density at radius 3 is 2.62 bits per heavy atom. The van der Waals surface area contributed by atoms with Crippen LogP contribution in [0.15, 0.2) is 42.6 Å². The molecule has 2 aromatic rings. The number of aromatic amines is 1. The zero-order valence-corrected chi connectivity index (χ0v) is 22.7. The zero-order valence-electron chi connectivity index (χ0n) is 20.2. The first-order valence-corrected chi connectivity index (χ1v) is 13.5. The smallest absolute Gasteiger partial charge is 0.459 e. The summed E-state index contributed by atoms with van der Waals surface area (Å²) in [5, 5.41) is 13.4. The molecular formula is C23H27FN3O7PS2. The van der Waals surface area contributed by atoms with Gasteiger partial charge in [-0.25, -0.2) is 8.96 Å². The molecule has 200 valence electrons. The molecular weight excluding hydrogens is 544 g/mol. The minimum Gasteiger partial charge on any atom is -0.462 e.